The van der Waals surface area contributed by atoms with Crippen LogP contribution in [0.5, 0.6) is 0 Å². The summed E-state index contributed by atoms with van der Waals surface area (Å²) >= 11 is 0. The smallest absolute Gasteiger partial charge is 0.408 e. The van der Waals surface area contributed by atoms with Crippen molar-refractivity contribution in [3.05, 3.63) is 12.2 Å². The van der Waals surface area contributed by atoms with Gasteiger partial charge in [0.2, 0.25) is 17.7 Å². The van der Waals surface area contributed by atoms with E-state index >= 15 is 0 Å². The van der Waals surface area contributed by atoms with E-state index in [4.69, 9.17) is 19.9 Å². The van der Waals surface area contributed by atoms with Crippen molar-refractivity contribution in [2.24, 2.45) is 11.7 Å². The molecule has 0 saturated carbocycles. The van der Waals surface area contributed by atoms with Gasteiger partial charge in [-0.1, -0.05) is 6.42 Å². The maximum absolute atomic E-state index is 12.8. The highest BCUT2D eigenvalue weighted by Gasteiger charge is 2.31. The summed E-state index contributed by atoms with van der Waals surface area (Å²) in [5.41, 5.74) is 4.47. The first-order valence-corrected chi connectivity index (χ1v) is 16.5. The molecule has 0 fully saturated rings. The van der Waals surface area contributed by atoms with Crippen molar-refractivity contribution in [1.82, 2.24) is 20.9 Å². The SMILES string of the molecule is CC(C)(C)OC(=O)NC(CS(=O)(=O)O)C(=O)C[C@@H](CCCCNC(=O)COCCOCCNC(=O)CCN1C(=O)C=CC1=O)C(N)=O. The van der Waals surface area contributed by atoms with Gasteiger partial charge in [-0.25, -0.2) is 4.79 Å². The van der Waals surface area contributed by atoms with Gasteiger partial charge in [-0.3, -0.25) is 38.2 Å². The van der Waals surface area contributed by atoms with E-state index in [-0.39, 0.29) is 64.8 Å². The second kappa shape index (κ2) is 20.3. The lowest BCUT2D eigenvalue weighted by atomic mass is 9.93. The summed E-state index contributed by atoms with van der Waals surface area (Å²) in [7, 11) is -4.67. The molecule has 0 saturated heterocycles. The molecule has 2 atom stereocenters. The van der Waals surface area contributed by atoms with Gasteiger partial charge in [0, 0.05) is 50.5 Å². The van der Waals surface area contributed by atoms with Crippen LogP contribution >= 0.6 is 0 Å². The van der Waals surface area contributed by atoms with Gasteiger partial charge in [0.1, 0.15) is 24.0 Å². The number of alkyl carbamates (subject to hydrolysis) is 1. The molecule has 6 N–H and O–H groups in total. The fraction of sp³-hybridized carbons (Fsp3) is 0.679. The Balaban J connectivity index is 2.22. The topological polar surface area (TPSA) is 267 Å². The average Bonchev–Trinajstić information content (AvgIpc) is 3.26. The molecule has 0 aliphatic carbocycles. The van der Waals surface area contributed by atoms with Crippen molar-refractivity contribution < 1.29 is 60.7 Å². The Kier molecular flexibility index (Phi) is 17.8. The van der Waals surface area contributed by atoms with Crippen LogP contribution in [0, 0.1) is 5.92 Å². The van der Waals surface area contributed by atoms with Crippen molar-refractivity contribution in [2.75, 3.05) is 51.8 Å². The minimum Gasteiger partial charge on any atom is -0.444 e. The summed E-state index contributed by atoms with van der Waals surface area (Å²) in [6, 6.07) is -1.66. The number of amides is 6. The molecule has 1 rings (SSSR count). The van der Waals surface area contributed by atoms with Gasteiger partial charge in [0.25, 0.3) is 21.9 Å². The Bertz CT molecular complexity index is 1250. The first-order valence-electron chi connectivity index (χ1n) is 14.9. The number of nitrogens with one attached hydrogen (secondary N) is 3. The van der Waals surface area contributed by atoms with Crippen molar-refractivity contribution in [3.63, 3.8) is 0 Å². The average molecular weight is 692 g/mol. The number of ether oxygens (including phenoxy) is 3. The molecular weight excluding hydrogens is 646 g/mol. The molecule has 0 radical (unpaired) electrons. The molecule has 266 valence electrons. The number of imide groups is 1. The molecule has 1 aliphatic rings. The van der Waals surface area contributed by atoms with E-state index in [1.54, 1.807) is 20.8 Å². The van der Waals surface area contributed by atoms with Crippen LogP contribution in [-0.2, 0) is 53.1 Å². The lowest BCUT2D eigenvalue weighted by molar-refractivity contribution is -0.137. The molecule has 1 heterocycles. The third-order valence-corrected chi connectivity index (χ3v) is 7.00. The van der Waals surface area contributed by atoms with Crippen LogP contribution in [0.15, 0.2) is 12.2 Å². The predicted octanol–water partition coefficient (Wildman–Crippen LogP) is -1.42. The monoisotopic (exact) mass is 691 g/mol. The van der Waals surface area contributed by atoms with E-state index in [0.717, 1.165) is 17.1 Å². The van der Waals surface area contributed by atoms with Crippen LogP contribution in [-0.4, -0.2) is 123 Å². The van der Waals surface area contributed by atoms with Gasteiger partial charge < -0.3 is 35.9 Å². The zero-order valence-corrected chi connectivity index (χ0v) is 27.6. The van der Waals surface area contributed by atoms with E-state index in [1.807, 2.05) is 0 Å². The standard InChI is InChI=1S/C28H45N5O13S/c1-28(2,3)46-27(40)32-20(18-47(41,42)43)21(34)16-19(26(29)39)6-4-5-10-30-23(36)17-45-15-14-44-13-11-31-22(35)9-12-33-24(37)7-8-25(33)38/h7-8,19-20H,4-6,9-18H2,1-3H3,(H2,29,39)(H,30,36)(H,31,35)(H,32,40)(H,41,42,43)/t19-,20?/m1/s1. The van der Waals surface area contributed by atoms with Gasteiger partial charge in [0.05, 0.1) is 19.8 Å². The number of hydrogen-bond donors (Lipinski definition) is 5. The molecule has 0 aromatic rings. The molecule has 18 nitrogen and oxygen atoms in total. The van der Waals surface area contributed by atoms with Crippen molar-refractivity contribution in [1.29, 1.82) is 0 Å². The predicted molar refractivity (Wildman–Crippen MR) is 164 cm³/mol. The second-order valence-corrected chi connectivity index (χ2v) is 13.0. The number of primary amides is 1. The normalized spacial score (nSPS) is 14.4. The number of nitrogens with zero attached hydrogens (tertiary/aromatic N) is 1. The number of rotatable bonds is 23. The van der Waals surface area contributed by atoms with Gasteiger partial charge in [-0.15, -0.1) is 0 Å². The largest absolute Gasteiger partial charge is 0.444 e. The first-order chi connectivity index (χ1) is 21.9. The highest BCUT2D eigenvalue weighted by molar-refractivity contribution is 7.85. The summed E-state index contributed by atoms with van der Waals surface area (Å²) in [6.07, 6.45) is 1.64. The highest BCUT2D eigenvalue weighted by atomic mass is 32.2. The molecule has 1 aliphatic heterocycles. The molecule has 0 aromatic carbocycles. The van der Waals surface area contributed by atoms with Crippen molar-refractivity contribution in [2.45, 2.75) is 64.5 Å². The number of unbranched alkanes of at least 4 members (excludes halogenated alkanes) is 1. The summed E-state index contributed by atoms with van der Waals surface area (Å²) in [5.74, 6) is -5.39. The number of ketones is 1. The Morgan fingerprint density at radius 1 is 0.936 bits per heavy atom. The minimum atomic E-state index is -4.67. The van der Waals surface area contributed by atoms with Crippen LogP contribution < -0.4 is 21.7 Å². The molecule has 6 amide bonds. The third kappa shape index (κ3) is 19.4. The van der Waals surface area contributed by atoms with Gasteiger partial charge in [0.15, 0.2) is 5.78 Å². The highest BCUT2D eigenvalue weighted by Crippen LogP contribution is 2.15. The number of carbonyl (C=O) groups excluding carboxylic acids is 7. The molecule has 0 bridgehead atoms. The summed E-state index contributed by atoms with van der Waals surface area (Å²) in [5, 5.41) is 7.34. The number of Topliss-reactive ketones (excluding diaryl/α,β-unsaturated/α-hetero) is 1. The number of nitrogens with two attached hydrogens (primary N) is 1. The van der Waals surface area contributed by atoms with E-state index in [9.17, 15) is 46.5 Å². The Labute approximate surface area is 273 Å². The van der Waals surface area contributed by atoms with Crippen LogP contribution in [0.2, 0.25) is 0 Å². The third-order valence-electron chi connectivity index (χ3n) is 6.25. The van der Waals surface area contributed by atoms with E-state index < -0.39 is 75.4 Å². The zero-order chi connectivity index (χ0) is 35.6. The second-order valence-electron chi connectivity index (χ2n) is 11.5. The van der Waals surface area contributed by atoms with Crippen LogP contribution in [0.3, 0.4) is 0 Å². The number of carbonyl (C=O) groups is 7. The summed E-state index contributed by atoms with van der Waals surface area (Å²) in [6.45, 7) is 5.34. The quantitative estimate of drug-likeness (QED) is 0.0468. The molecule has 0 spiro atoms. The van der Waals surface area contributed by atoms with Gasteiger partial charge in [-0.05, 0) is 33.6 Å². The Morgan fingerprint density at radius 2 is 1.55 bits per heavy atom. The van der Waals surface area contributed by atoms with Crippen molar-refractivity contribution in [3.8, 4) is 0 Å². The lowest BCUT2D eigenvalue weighted by Crippen LogP contribution is -2.48. The maximum Gasteiger partial charge on any atom is 0.408 e. The fourth-order valence-electron chi connectivity index (χ4n) is 4.00. The van der Waals surface area contributed by atoms with E-state index in [0.29, 0.717) is 12.8 Å². The van der Waals surface area contributed by atoms with E-state index in [2.05, 4.69) is 16.0 Å². The van der Waals surface area contributed by atoms with Gasteiger partial charge >= 0.3 is 6.09 Å². The van der Waals surface area contributed by atoms with Crippen LogP contribution in [0.25, 0.3) is 0 Å². The maximum atomic E-state index is 12.8. The van der Waals surface area contributed by atoms with Crippen LogP contribution in [0.4, 0.5) is 4.79 Å². The lowest BCUT2D eigenvalue weighted by Gasteiger charge is -2.23. The molecule has 19 heteroatoms. The van der Waals surface area contributed by atoms with Crippen molar-refractivity contribution >= 4 is 51.5 Å². The first kappa shape index (κ1) is 41.1. The summed E-state index contributed by atoms with van der Waals surface area (Å²) < 4.78 is 47.6. The zero-order valence-electron chi connectivity index (χ0n) is 26.8. The minimum absolute atomic E-state index is 0.0127. The number of hydrogen-bond acceptors (Lipinski definition) is 12. The molecule has 47 heavy (non-hydrogen) atoms. The Morgan fingerprint density at radius 3 is 2.15 bits per heavy atom. The van der Waals surface area contributed by atoms with Gasteiger partial charge in [-0.2, -0.15) is 8.42 Å². The van der Waals surface area contributed by atoms with E-state index in [1.165, 1.54) is 0 Å². The Hall–Kier alpha value is -3.94. The molecule has 1 unspecified atom stereocenters. The fourth-order valence-corrected chi connectivity index (χ4v) is 4.69. The van der Waals surface area contributed by atoms with Crippen LogP contribution in [0.1, 0.15) is 52.9 Å². The summed E-state index contributed by atoms with van der Waals surface area (Å²) in [4.78, 5) is 84.4. The molecular formula is C28H45N5O13S. The molecule has 0 aromatic heterocycles.